The van der Waals surface area contributed by atoms with Gasteiger partial charge in [0.25, 0.3) is 5.91 Å². The zero-order valence-corrected chi connectivity index (χ0v) is 20.4. The van der Waals surface area contributed by atoms with Gasteiger partial charge in [-0.25, -0.2) is 4.98 Å². The Morgan fingerprint density at radius 3 is 2.30 bits per heavy atom. The molecule has 2 heterocycles. The second-order valence-corrected chi connectivity index (χ2v) is 8.44. The molecule has 1 saturated carbocycles. The van der Waals surface area contributed by atoms with E-state index in [1.807, 2.05) is 74.7 Å². The molecule has 0 aliphatic heterocycles. The summed E-state index contributed by atoms with van der Waals surface area (Å²) < 4.78 is 5.73. The van der Waals surface area contributed by atoms with E-state index in [0.29, 0.717) is 29.8 Å². The number of nitrogens with zero attached hydrogens (tertiary/aromatic N) is 4. The molecule has 0 radical (unpaired) electrons. The highest BCUT2D eigenvalue weighted by Gasteiger charge is 2.29. The van der Waals surface area contributed by atoms with Crippen molar-refractivity contribution in [1.82, 2.24) is 20.1 Å². The predicted molar refractivity (Wildman–Crippen MR) is 132 cm³/mol. The van der Waals surface area contributed by atoms with Crippen molar-refractivity contribution in [3.8, 4) is 11.5 Å². The number of thiazole rings is 1. The van der Waals surface area contributed by atoms with Gasteiger partial charge in [0, 0.05) is 35.2 Å². The van der Waals surface area contributed by atoms with E-state index in [0.717, 1.165) is 29.1 Å². The van der Waals surface area contributed by atoms with Gasteiger partial charge >= 0.3 is 0 Å². The van der Waals surface area contributed by atoms with Crippen LogP contribution in [0.15, 0.2) is 70.5 Å². The van der Waals surface area contributed by atoms with Gasteiger partial charge in [-0.2, -0.15) is 0 Å². The molecule has 1 fully saturated rings. The van der Waals surface area contributed by atoms with Crippen molar-refractivity contribution >= 4 is 17.2 Å². The molecular formula is C26H30N4O2S. The van der Waals surface area contributed by atoms with Gasteiger partial charge in [-0.15, -0.1) is 21.5 Å². The van der Waals surface area contributed by atoms with Crippen LogP contribution in [0.2, 0.25) is 0 Å². The number of rotatable bonds is 5. The van der Waals surface area contributed by atoms with E-state index in [9.17, 15) is 4.79 Å². The molecule has 0 atom stereocenters. The van der Waals surface area contributed by atoms with Crippen molar-refractivity contribution in [1.29, 1.82) is 0 Å². The Morgan fingerprint density at radius 2 is 1.73 bits per heavy atom. The molecule has 1 amide bonds. The monoisotopic (exact) mass is 462 g/mol. The minimum Gasteiger partial charge on any atom is -0.420 e. The molecule has 4 aromatic rings. The van der Waals surface area contributed by atoms with Gasteiger partial charge in [-0.05, 0) is 38.0 Å². The summed E-state index contributed by atoms with van der Waals surface area (Å²) in [5.74, 6) is 1.52. The molecule has 6 nitrogen and oxygen atoms in total. The summed E-state index contributed by atoms with van der Waals surface area (Å²) >= 11 is 1.56. The summed E-state index contributed by atoms with van der Waals surface area (Å²) in [5.41, 5.74) is 2.34. The Labute approximate surface area is 199 Å². The van der Waals surface area contributed by atoms with E-state index in [4.69, 9.17) is 4.42 Å². The molecule has 0 bridgehead atoms. The van der Waals surface area contributed by atoms with E-state index in [-0.39, 0.29) is 5.91 Å². The molecule has 0 unspecified atom stereocenters. The van der Waals surface area contributed by atoms with Gasteiger partial charge in [-0.3, -0.25) is 4.79 Å². The smallest absolute Gasteiger partial charge is 0.253 e. The molecule has 7 heteroatoms. The van der Waals surface area contributed by atoms with Gasteiger partial charge in [0.15, 0.2) is 0 Å². The molecule has 1 aliphatic carbocycles. The number of carbonyl (C=O) groups excluding carboxylic acids is 1. The first-order valence-corrected chi connectivity index (χ1v) is 12.1. The summed E-state index contributed by atoms with van der Waals surface area (Å²) in [5, 5.41) is 11.1. The molecule has 33 heavy (non-hydrogen) atoms. The Morgan fingerprint density at radius 1 is 1.06 bits per heavy atom. The number of hydrogen-bond acceptors (Lipinski definition) is 6. The number of amides is 1. The van der Waals surface area contributed by atoms with Crippen molar-refractivity contribution in [3.63, 3.8) is 0 Å². The highest BCUT2D eigenvalue weighted by Crippen LogP contribution is 2.39. The summed E-state index contributed by atoms with van der Waals surface area (Å²) in [6.45, 7) is 6.44. The normalized spacial score (nSPS) is 12.1. The van der Waals surface area contributed by atoms with Crippen LogP contribution in [0.1, 0.15) is 59.6 Å². The van der Waals surface area contributed by atoms with E-state index in [1.54, 1.807) is 35.4 Å². The lowest BCUT2D eigenvalue weighted by atomic mass is 10.1. The first-order chi connectivity index (χ1) is 16.1. The third kappa shape index (κ3) is 7.08. The van der Waals surface area contributed by atoms with Crippen LogP contribution in [0.25, 0.3) is 11.5 Å². The topological polar surface area (TPSA) is 72.1 Å². The van der Waals surface area contributed by atoms with Crippen LogP contribution in [-0.4, -0.2) is 33.0 Å². The number of hydrogen-bond donors (Lipinski definition) is 0. The van der Waals surface area contributed by atoms with Crippen LogP contribution >= 0.6 is 11.3 Å². The average molecular weight is 463 g/mol. The lowest BCUT2D eigenvalue weighted by Gasteiger charge is -2.16. The molecular weight excluding hydrogens is 432 g/mol. The summed E-state index contributed by atoms with van der Waals surface area (Å²) in [7, 11) is 1.78. The standard InChI is InChI=1S/C18H18N4O2S.C6H6.C2H6/c1-11-10-25-15(19-11)9-22(2)18(23)14-5-3-4-13(8-14)17-21-20-16(24-17)12-6-7-12;1-2-4-6-5-3-1;1-2/h3-5,8,10,12H,6-7,9H2,1-2H3;1-6H;1-2H3. The Bertz CT molecular complexity index is 1110. The maximum absolute atomic E-state index is 12.7. The summed E-state index contributed by atoms with van der Waals surface area (Å²) in [6, 6.07) is 19.3. The Hall–Kier alpha value is -3.32. The van der Waals surface area contributed by atoms with Crippen molar-refractivity contribution in [2.45, 2.75) is 46.1 Å². The molecule has 1 aliphatic rings. The molecule has 0 N–H and O–H groups in total. The van der Waals surface area contributed by atoms with Crippen molar-refractivity contribution in [2.24, 2.45) is 0 Å². The Kier molecular flexibility index (Phi) is 8.89. The highest BCUT2D eigenvalue weighted by molar-refractivity contribution is 7.09. The van der Waals surface area contributed by atoms with Gasteiger partial charge < -0.3 is 9.32 Å². The third-order valence-electron chi connectivity index (χ3n) is 4.78. The van der Waals surface area contributed by atoms with E-state index in [2.05, 4.69) is 15.2 Å². The van der Waals surface area contributed by atoms with Crippen LogP contribution in [-0.2, 0) is 6.54 Å². The van der Waals surface area contributed by atoms with Gasteiger partial charge in [-0.1, -0.05) is 56.3 Å². The second kappa shape index (κ2) is 12.1. The first kappa shape index (κ1) is 24.3. The SMILES string of the molecule is CC.Cc1csc(CN(C)C(=O)c2cccc(-c3nnc(C4CC4)o3)c2)n1.c1ccccc1. The molecule has 0 saturated heterocycles. The van der Waals surface area contributed by atoms with Crippen LogP contribution in [0.3, 0.4) is 0 Å². The number of aromatic nitrogens is 3. The molecule has 0 spiro atoms. The molecule has 2 aromatic carbocycles. The molecule has 172 valence electrons. The minimum atomic E-state index is -0.0587. The fourth-order valence-corrected chi connectivity index (χ4v) is 3.81. The number of aryl methyl sites for hydroxylation is 1. The lowest BCUT2D eigenvalue weighted by molar-refractivity contribution is 0.0785. The molecule has 2 aromatic heterocycles. The third-order valence-corrected chi connectivity index (χ3v) is 5.73. The highest BCUT2D eigenvalue weighted by atomic mass is 32.1. The zero-order chi connectivity index (χ0) is 23.6. The fourth-order valence-electron chi connectivity index (χ4n) is 2.99. The van der Waals surface area contributed by atoms with Crippen LogP contribution < -0.4 is 0 Å². The van der Waals surface area contributed by atoms with Crippen molar-refractivity contribution < 1.29 is 9.21 Å². The predicted octanol–water partition coefficient (Wildman–Crippen LogP) is 6.36. The average Bonchev–Trinajstić information content (AvgIpc) is 3.46. The van der Waals surface area contributed by atoms with Gasteiger partial charge in [0.1, 0.15) is 5.01 Å². The maximum atomic E-state index is 12.7. The van der Waals surface area contributed by atoms with E-state index < -0.39 is 0 Å². The fraction of sp³-hybridized carbons (Fsp3) is 0.308. The van der Waals surface area contributed by atoms with Crippen LogP contribution in [0.5, 0.6) is 0 Å². The summed E-state index contributed by atoms with van der Waals surface area (Å²) in [4.78, 5) is 18.8. The van der Waals surface area contributed by atoms with Crippen molar-refractivity contribution in [3.05, 3.63) is 88.2 Å². The number of benzene rings is 2. The zero-order valence-electron chi connectivity index (χ0n) is 19.6. The van der Waals surface area contributed by atoms with Gasteiger partial charge in [0.2, 0.25) is 11.8 Å². The van der Waals surface area contributed by atoms with Crippen molar-refractivity contribution in [2.75, 3.05) is 7.05 Å². The summed E-state index contributed by atoms with van der Waals surface area (Å²) in [6.07, 6.45) is 2.22. The minimum absolute atomic E-state index is 0.0587. The number of carbonyl (C=O) groups is 1. The van der Waals surface area contributed by atoms with E-state index >= 15 is 0 Å². The van der Waals surface area contributed by atoms with E-state index in [1.165, 1.54) is 0 Å². The van der Waals surface area contributed by atoms with Crippen LogP contribution in [0.4, 0.5) is 0 Å². The largest absolute Gasteiger partial charge is 0.420 e. The lowest BCUT2D eigenvalue weighted by Crippen LogP contribution is -2.26. The Balaban J connectivity index is 0.000000329. The van der Waals surface area contributed by atoms with Gasteiger partial charge in [0.05, 0.1) is 6.54 Å². The maximum Gasteiger partial charge on any atom is 0.253 e. The second-order valence-electron chi connectivity index (χ2n) is 7.50. The quantitative estimate of drug-likeness (QED) is 0.345. The van der Waals surface area contributed by atoms with Crippen LogP contribution in [0, 0.1) is 6.92 Å². The first-order valence-electron chi connectivity index (χ1n) is 11.2. The molecule has 5 rings (SSSR count).